The summed E-state index contributed by atoms with van der Waals surface area (Å²) in [5, 5.41) is 13.2. The molecular weight excluding hydrogens is 310 g/mol. The van der Waals surface area contributed by atoms with Crippen molar-refractivity contribution in [2.45, 2.75) is 43.7 Å². The first-order chi connectivity index (χ1) is 10.3. The summed E-state index contributed by atoms with van der Waals surface area (Å²) in [6.07, 6.45) is 4.24. The second-order valence-electron chi connectivity index (χ2n) is 5.68. The first-order valence-electron chi connectivity index (χ1n) is 7.18. The average molecular weight is 331 g/mol. The van der Waals surface area contributed by atoms with Crippen molar-refractivity contribution in [3.63, 3.8) is 0 Å². The molecule has 1 aliphatic heterocycles. The lowest BCUT2D eigenvalue weighted by Crippen LogP contribution is -2.44. The molecule has 2 rings (SSSR count). The lowest BCUT2D eigenvalue weighted by molar-refractivity contribution is -0.140. The smallest absolute Gasteiger partial charge is 0.322 e. The van der Waals surface area contributed by atoms with Crippen LogP contribution in [0.1, 0.15) is 32.7 Å². The van der Waals surface area contributed by atoms with E-state index < -0.39 is 22.0 Å². The van der Waals surface area contributed by atoms with E-state index in [1.807, 2.05) is 0 Å². The summed E-state index contributed by atoms with van der Waals surface area (Å²) in [7, 11) is -3.91. The zero-order chi connectivity index (χ0) is 16.3. The Balaban J connectivity index is 2.15. The lowest BCUT2D eigenvalue weighted by Gasteiger charge is -2.22. The maximum Gasteiger partial charge on any atom is 0.322 e. The Morgan fingerprint density at radius 3 is 2.64 bits per heavy atom. The predicted molar refractivity (Wildman–Crippen MR) is 77.9 cm³/mol. The van der Waals surface area contributed by atoms with E-state index in [0.29, 0.717) is 13.2 Å². The number of carboxylic acids is 1. The number of nitrogens with one attached hydrogen (secondary N) is 1. The summed E-state index contributed by atoms with van der Waals surface area (Å²) in [4.78, 5) is 11.1. The molecule has 0 bridgehead atoms. The van der Waals surface area contributed by atoms with Crippen LogP contribution in [-0.4, -0.2) is 48.5 Å². The third-order valence-corrected chi connectivity index (χ3v) is 5.06. The van der Waals surface area contributed by atoms with Gasteiger partial charge in [0.25, 0.3) is 0 Å². The number of hydrogen-bond acceptors (Lipinski definition) is 5. The first-order valence-corrected chi connectivity index (χ1v) is 8.66. The van der Waals surface area contributed by atoms with Crippen molar-refractivity contribution in [2.24, 2.45) is 5.92 Å². The largest absolute Gasteiger partial charge is 0.480 e. The quantitative estimate of drug-likeness (QED) is 0.791. The Bertz CT molecular complexity index is 619. The van der Waals surface area contributed by atoms with Crippen molar-refractivity contribution < 1.29 is 23.1 Å². The highest BCUT2D eigenvalue weighted by atomic mass is 32.2. The summed E-state index contributed by atoms with van der Waals surface area (Å²) >= 11 is 0. The van der Waals surface area contributed by atoms with Crippen LogP contribution in [0.5, 0.6) is 0 Å². The highest BCUT2D eigenvalue weighted by molar-refractivity contribution is 7.89. The summed E-state index contributed by atoms with van der Waals surface area (Å²) in [5.41, 5.74) is 0. The van der Waals surface area contributed by atoms with E-state index in [1.165, 1.54) is 12.4 Å². The topological polar surface area (TPSA) is 111 Å². The van der Waals surface area contributed by atoms with Gasteiger partial charge in [-0.3, -0.25) is 9.48 Å². The fourth-order valence-corrected chi connectivity index (χ4v) is 3.59. The predicted octanol–water partition coefficient (Wildman–Crippen LogP) is 0.622. The number of carboxylic acid groups (broad SMARTS) is 1. The van der Waals surface area contributed by atoms with Gasteiger partial charge in [-0.05, 0) is 18.8 Å². The Labute approximate surface area is 129 Å². The lowest BCUT2D eigenvalue weighted by atomic mass is 10.1. The molecule has 0 aromatic carbocycles. The van der Waals surface area contributed by atoms with Crippen molar-refractivity contribution in [1.82, 2.24) is 14.5 Å². The summed E-state index contributed by atoms with van der Waals surface area (Å²) in [6, 6.07) is -1.06. The van der Waals surface area contributed by atoms with E-state index in [2.05, 4.69) is 9.82 Å². The SMILES string of the molecule is CC(C)[C@H](NS(=O)(=O)c1cnn(C2CCOCC2)c1)C(=O)O. The van der Waals surface area contributed by atoms with E-state index in [4.69, 9.17) is 9.84 Å². The van der Waals surface area contributed by atoms with Crippen molar-refractivity contribution in [3.05, 3.63) is 12.4 Å². The maximum atomic E-state index is 12.3. The monoisotopic (exact) mass is 331 g/mol. The van der Waals surface area contributed by atoms with Gasteiger partial charge in [0, 0.05) is 19.4 Å². The van der Waals surface area contributed by atoms with Gasteiger partial charge in [-0.1, -0.05) is 13.8 Å². The zero-order valence-corrected chi connectivity index (χ0v) is 13.4. The first kappa shape index (κ1) is 16.9. The molecule has 0 radical (unpaired) electrons. The molecule has 9 heteroatoms. The zero-order valence-electron chi connectivity index (χ0n) is 12.6. The number of ether oxygens (including phenoxy) is 1. The van der Waals surface area contributed by atoms with Gasteiger partial charge in [-0.2, -0.15) is 9.82 Å². The molecule has 0 spiro atoms. The maximum absolute atomic E-state index is 12.3. The van der Waals surface area contributed by atoms with Gasteiger partial charge in [0.15, 0.2) is 0 Å². The van der Waals surface area contributed by atoms with Crippen LogP contribution in [0.15, 0.2) is 17.3 Å². The van der Waals surface area contributed by atoms with Crippen molar-refractivity contribution in [2.75, 3.05) is 13.2 Å². The van der Waals surface area contributed by atoms with E-state index in [0.717, 1.165) is 12.8 Å². The number of aliphatic carboxylic acids is 1. The molecule has 2 heterocycles. The number of carbonyl (C=O) groups is 1. The normalized spacial score (nSPS) is 18.5. The fraction of sp³-hybridized carbons (Fsp3) is 0.692. The van der Waals surface area contributed by atoms with Crippen LogP contribution in [0.25, 0.3) is 0 Å². The molecule has 1 aromatic rings. The molecule has 1 aromatic heterocycles. The van der Waals surface area contributed by atoms with Crippen LogP contribution in [-0.2, 0) is 19.6 Å². The Hall–Kier alpha value is -1.45. The minimum atomic E-state index is -3.91. The van der Waals surface area contributed by atoms with Crippen LogP contribution in [0.3, 0.4) is 0 Å². The molecule has 124 valence electrons. The Morgan fingerprint density at radius 2 is 2.09 bits per heavy atom. The highest BCUT2D eigenvalue weighted by Crippen LogP contribution is 2.21. The molecule has 0 saturated carbocycles. The van der Waals surface area contributed by atoms with Gasteiger partial charge in [0.2, 0.25) is 10.0 Å². The summed E-state index contributed by atoms with van der Waals surface area (Å²) in [6.45, 7) is 4.54. The van der Waals surface area contributed by atoms with Crippen LogP contribution in [0.4, 0.5) is 0 Å². The number of sulfonamides is 1. The fourth-order valence-electron chi connectivity index (χ4n) is 2.32. The van der Waals surface area contributed by atoms with Crippen molar-refractivity contribution in [1.29, 1.82) is 0 Å². The molecular formula is C13H21N3O5S. The standard InChI is InChI=1S/C13H21N3O5S/c1-9(2)12(13(17)18)15-22(19,20)11-7-14-16(8-11)10-3-5-21-6-4-10/h7-10,12,15H,3-6H2,1-2H3,(H,17,18)/t12-/m0/s1. The van der Waals surface area contributed by atoms with Gasteiger partial charge in [-0.15, -0.1) is 0 Å². The van der Waals surface area contributed by atoms with Gasteiger partial charge >= 0.3 is 5.97 Å². The van der Waals surface area contributed by atoms with Crippen LogP contribution >= 0.6 is 0 Å². The van der Waals surface area contributed by atoms with Gasteiger partial charge in [0.05, 0.1) is 12.2 Å². The minimum Gasteiger partial charge on any atom is -0.480 e. The molecule has 1 fully saturated rings. The van der Waals surface area contributed by atoms with Crippen molar-refractivity contribution in [3.8, 4) is 0 Å². The third-order valence-electron chi connectivity index (χ3n) is 3.67. The summed E-state index contributed by atoms with van der Waals surface area (Å²) < 4.78 is 33.7. The van der Waals surface area contributed by atoms with E-state index >= 15 is 0 Å². The molecule has 2 N–H and O–H groups in total. The van der Waals surface area contributed by atoms with Crippen LogP contribution < -0.4 is 4.72 Å². The highest BCUT2D eigenvalue weighted by Gasteiger charge is 2.29. The second kappa shape index (κ2) is 6.76. The van der Waals surface area contributed by atoms with E-state index in [1.54, 1.807) is 18.5 Å². The van der Waals surface area contributed by atoms with E-state index in [9.17, 15) is 13.2 Å². The van der Waals surface area contributed by atoms with Gasteiger partial charge < -0.3 is 9.84 Å². The third kappa shape index (κ3) is 3.84. The van der Waals surface area contributed by atoms with Gasteiger partial charge in [0.1, 0.15) is 10.9 Å². The number of aromatic nitrogens is 2. The number of hydrogen-bond donors (Lipinski definition) is 2. The van der Waals surface area contributed by atoms with E-state index in [-0.39, 0.29) is 16.9 Å². The minimum absolute atomic E-state index is 0.0223. The number of nitrogens with zero attached hydrogens (tertiary/aromatic N) is 2. The molecule has 0 amide bonds. The van der Waals surface area contributed by atoms with Crippen molar-refractivity contribution >= 4 is 16.0 Å². The van der Waals surface area contributed by atoms with Crippen LogP contribution in [0.2, 0.25) is 0 Å². The molecule has 1 aliphatic rings. The van der Waals surface area contributed by atoms with Crippen LogP contribution in [0, 0.1) is 5.92 Å². The average Bonchev–Trinajstić information content (AvgIpc) is 2.96. The molecule has 8 nitrogen and oxygen atoms in total. The van der Waals surface area contributed by atoms with Gasteiger partial charge in [-0.25, -0.2) is 8.42 Å². The second-order valence-corrected chi connectivity index (χ2v) is 7.39. The molecule has 1 saturated heterocycles. The molecule has 0 unspecified atom stereocenters. The molecule has 1 atom stereocenters. The molecule has 0 aliphatic carbocycles. The number of rotatable bonds is 6. The summed E-state index contributed by atoms with van der Waals surface area (Å²) in [5.74, 6) is -1.56. The molecule has 22 heavy (non-hydrogen) atoms. The Morgan fingerprint density at radius 1 is 1.45 bits per heavy atom. The Kier molecular flexibility index (Phi) is 5.20.